The lowest BCUT2D eigenvalue weighted by Gasteiger charge is -2.34. The van der Waals surface area contributed by atoms with Gasteiger partial charge in [-0.3, -0.25) is 19.3 Å². The van der Waals surface area contributed by atoms with Crippen LogP contribution in [0.4, 0.5) is 0 Å². The highest BCUT2D eigenvalue weighted by Crippen LogP contribution is 2.48. The maximum absolute atomic E-state index is 12.5. The standard InChI is InChI=1S/C13H19NO4/c1-12(2,8-10(16)17)14-9(15)7-13(11(14)18)5-3-4-6-13/h3-8H2,1-2H3,(H,16,17). The van der Waals surface area contributed by atoms with Crippen molar-refractivity contribution in [1.29, 1.82) is 0 Å². The third-order valence-electron chi connectivity index (χ3n) is 4.15. The molecule has 100 valence electrons. The number of nitrogens with zero attached hydrogens (tertiary/aromatic N) is 1. The van der Waals surface area contributed by atoms with Crippen molar-refractivity contribution in [3.05, 3.63) is 0 Å². The molecule has 0 unspecified atom stereocenters. The van der Waals surface area contributed by atoms with E-state index in [1.165, 1.54) is 4.90 Å². The first kappa shape index (κ1) is 13.1. The number of carboxylic acid groups (broad SMARTS) is 1. The van der Waals surface area contributed by atoms with Crippen LogP contribution in [0.2, 0.25) is 0 Å². The van der Waals surface area contributed by atoms with Gasteiger partial charge >= 0.3 is 5.97 Å². The summed E-state index contributed by atoms with van der Waals surface area (Å²) >= 11 is 0. The molecular formula is C13H19NO4. The monoisotopic (exact) mass is 253 g/mol. The lowest BCUT2D eigenvalue weighted by molar-refractivity contribution is -0.150. The van der Waals surface area contributed by atoms with Crippen LogP contribution in [-0.2, 0) is 14.4 Å². The normalized spacial score (nSPS) is 23.1. The zero-order valence-corrected chi connectivity index (χ0v) is 10.9. The predicted octanol–water partition coefficient (Wildman–Crippen LogP) is 1.56. The lowest BCUT2D eigenvalue weighted by Crippen LogP contribution is -2.50. The van der Waals surface area contributed by atoms with Gasteiger partial charge in [-0.15, -0.1) is 0 Å². The smallest absolute Gasteiger partial charge is 0.305 e. The molecule has 1 aliphatic heterocycles. The number of aliphatic carboxylic acids is 1. The fourth-order valence-corrected chi connectivity index (χ4v) is 3.30. The number of likely N-dealkylation sites (tertiary alicyclic amines) is 1. The van der Waals surface area contributed by atoms with Crippen molar-refractivity contribution in [2.45, 2.75) is 57.9 Å². The fourth-order valence-electron chi connectivity index (χ4n) is 3.30. The van der Waals surface area contributed by atoms with Crippen LogP contribution in [0.25, 0.3) is 0 Å². The lowest BCUT2D eigenvalue weighted by atomic mass is 9.84. The van der Waals surface area contributed by atoms with Gasteiger partial charge in [-0.1, -0.05) is 12.8 Å². The van der Waals surface area contributed by atoms with Gasteiger partial charge in [0.1, 0.15) is 0 Å². The average molecular weight is 253 g/mol. The zero-order chi connectivity index (χ0) is 13.6. The molecule has 2 fully saturated rings. The number of amides is 2. The van der Waals surface area contributed by atoms with Crippen LogP contribution >= 0.6 is 0 Å². The molecule has 0 bridgehead atoms. The number of rotatable bonds is 3. The van der Waals surface area contributed by atoms with Gasteiger partial charge in [-0.05, 0) is 26.7 Å². The Morgan fingerprint density at radius 1 is 1.33 bits per heavy atom. The van der Waals surface area contributed by atoms with Gasteiger partial charge in [0.15, 0.2) is 0 Å². The molecule has 0 atom stereocenters. The third kappa shape index (κ3) is 1.91. The summed E-state index contributed by atoms with van der Waals surface area (Å²) in [6.45, 7) is 3.29. The molecular weight excluding hydrogens is 234 g/mol. The maximum Gasteiger partial charge on any atom is 0.305 e. The van der Waals surface area contributed by atoms with Crippen LogP contribution in [0.3, 0.4) is 0 Å². The molecule has 18 heavy (non-hydrogen) atoms. The Hall–Kier alpha value is -1.39. The number of carbonyl (C=O) groups is 3. The second-order valence-corrected chi connectivity index (χ2v) is 6.08. The summed E-state index contributed by atoms with van der Waals surface area (Å²) in [6.07, 6.45) is 3.53. The van der Waals surface area contributed by atoms with Crippen LogP contribution < -0.4 is 0 Å². The summed E-state index contributed by atoms with van der Waals surface area (Å²) in [6, 6.07) is 0. The van der Waals surface area contributed by atoms with E-state index < -0.39 is 16.9 Å². The van der Waals surface area contributed by atoms with Gasteiger partial charge in [-0.25, -0.2) is 0 Å². The molecule has 0 radical (unpaired) electrons. The summed E-state index contributed by atoms with van der Waals surface area (Å²) in [7, 11) is 0. The molecule has 2 rings (SSSR count). The summed E-state index contributed by atoms with van der Waals surface area (Å²) < 4.78 is 0. The molecule has 0 aromatic carbocycles. The van der Waals surface area contributed by atoms with Crippen molar-refractivity contribution >= 4 is 17.8 Å². The Morgan fingerprint density at radius 2 is 1.89 bits per heavy atom. The first-order chi connectivity index (χ1) is 8.28. The SMILES string of the molecule is CC(C)(CC(=O)O)N1C(=O)CC2(CCCC2)C1=O. The molecule has 1 saturated carbocycles. The largest absolute Gasteiger partial charge is 0.481 e. The van der Waals surface area contributed by atoms with Gasteiger partial charge in [-0.2, -0.15) is 0 Å². The van der Waals surface area contributed by atoms with Crippen LogP contribution in [0, 0.1) is 5.41 Å². The minimum Gasteiger partial charge on any atom is -0.481 e. The van der Waals surface area contributed by atoms with Crippen molar-refractivity contribution in [3.63, 3.8) is 0 Å². The van der Waals surface area contributed by atoms with Crippen molar-refractivity contribution in [3.8, 4) is 0 Å². The number of hydrogen-bond acceptors (Lipinski definition) is 3. The molecule has 1 saturated heterocycles. The zero-order valence-electron chi connectivity index (χ0n) is 10.9. The number of imide groups is 1. The van der Waals surface area contributed by atoms with E-state index in [0.29, 0.717) is 0 Å². The highest BCUT2D eigenvalue weighted by molar-refractivity contribution is 6.07. The maximum atomic E-state index is 12.5. The Bertz CT molecular complexity index is 407. The highest BCUT2D eigenvalue weighted by atomic mass is 16.4. The van der Waals surface area contributed by atoms with E-state index in [-0.39, 0.29) is 24.7 Å². The Morgan fingerprint density at radius 3 is 2.39 bits per heavy atom. The summed E-state index contributed by atoms with van der Waals surface area (Å²) in [5, 5.41) is 8.89. The average Bonchev–Trinajstić information content (AvgIpc) is 2.72. The molecule has 1 spiro atoms. The van der Waals surface area contributed by atoms with Crippen molar-refractivity contribution in [2.75, 3.05) is 0 Å². The highest BCUT2D eigenvalue weighted by Gasteiger charge is 2.56. The Labute approximate surface area is 106 Å². The van der Waals surface area contributed by atoms with Gasteiger partial charge in [0.25, 0.3) is 0 Å². The molecule has 1 N–H and O–H groups in total. The summed E-state index contributed by atoms with van der Waals surface area (Å²) in [5.41, 5.74) is -1.46. The second-order valence-electron chi connectivity index (χ2n) is 6.08. The van der Waals surface area contributed by atoms with Gasteiger partial charge in [0, 0.05) is 6.42 Å². The van der Waals surface area contributed by atoms with Crippen LogP contribution in [0.15, 0.2) is 0 Å². The van der Waals surface area contributed by atoms with Gasteiger partial charge < -0.3 is 5.11 Å². The fraction of sp³-hybridized carbons (Fsp3) is 0.769. The second kappa shape index (κ2) is 4.07. The summed E-state index contributed by atoms with van der Waals surface area (Å²) in [4.78, 5) is 36.6. The van der Waals surface area contributed by atoms with Crippen molar-refractivity contribution in [1.82, 2.24) is 4.90 Å². The molecule has 2 amide bonds. The van der Waals surface area contributed by atoms with Crippen molar-refractivity contribution < 1.29 is 19.5 Å². The number of carbonyl (C=O) groups excluding carboxylic acids is 2. The summed E-state index contributed by atoms with van der Waals surface area (Å²) in [5.74, 6) is -1.36. The van der Waals surface area contributed by atoms with Crippen molar-refractivity contribution in [2.24, 2.45) is 5.41 Å². The van der Waals surface area contributed by atoms with Crippen LogP contribution in [-0.4, -0.2) is 33.3 Å². The van der Waals surface area contributed by atoms with E-state index in [9.17, 15) is 14.4 Å². The molecule has 0 aromatic rings. The van der Waals surface area contributed by atoms with E-state index in [1.54, 1.807) is 13.8 Å². The van der Waals surface area contributed by atoms with Crippen LogP contribution in [0.1, 0.15) is 52.4 Å². The number of carboxylic acids is 1. The van der Waals surface area contributed by atoms with Gasteiger partial charge in [0.2, 0.25) is 11.8 Å². The minimum atomic E-state index is -0.993. The van der Waals surface area contributed by atoms with E-state index in [2.05, 4.69) is 0 Å². The first-order valence-electron chi connectivity index (χ1n) is 6.38. The molecule has 5 heteroatoms. The van der Waals surface area contributed by atoms with Crippen LogP contribution in [0.5, 0.6) is 0 Å². The molecule has 1 aliphatic carbocycles. The molecule has 2 aliphatic rings. The topological polar surface area (TPSA) is 74.7 Å². The first-order valence-corrected chi connectivity index (χ1v) is 6.38. The molecule has 0 aromatic heterocycles. The van der Waals surface area contributed by atoms with E-state index in [4.69, 9.17) is 5.11 Å². The Kier molecular flexibility index (Phi) is 2.95. The predicted molar refractivity (Wildman–Crippen MR) is 63.7 cm³/mol. The minimum absolute atomic E-state index is 0.156. The van der Waals surface area contributed by atoms with Gasteiger partial charge in [0.05, 0.1) is 17.4 Å². The van der Waals surface area contributed by atoms with E-state index in [0.717, 1.165) is 25.7 Å². The van der Waals surface area contributed by atoms with E-state index >= 15 is 0 Å². The molecule has 5 nitrogen and oxygen atoms in total. The number of hydrogen-bond donors (Lipinski definition) is 1. The Balaban J connectivity index is 2.26. The quantitative estimate of drug-likeness (QED) is 0.774. The molecule has 1 heterocycles. The van der Waals surface area contributed by atoms with E-state index in [1.807, 2.05) is 0 Å². The third-order valence-corrected chi connectivity index (χ3v) is 4.15.